The molecule has 118 valence electrons. The van der Waals surface area contributed by atoms with Crippen molar-refractivity contribution >= 4 is 5.91 Å². The number of aliphatic hydroxyl groups excluding tert-OH is 1. The van der Waals surface area contributed by atoms with E-state index in [9.17, 15) is 13.6 Å². The van der Waals surface area contributed by atoms with Crippen molar-refractivity contribution in [2.75, 3.05) is 13.2 Å². The SMILES string of the molecule is CC(C)C(CCO)NC(=O)c1cccc(OCC(F)F)n1. The summed E-state index contributed by atoms with van der Waals surface area (Å²) in [5.74, 6) is -0.296. The van der Waals surface area contributed by atoms with Gasteiger partial charge in [0.2, 0.25) is 5.88 Å². The number of ether oxygens (including phenoxy) is 1. The third kappa shape index (κ3) is 6.03. The minimum absolute atomic E-state index is 0.0220. The van der Waals surface area contributed by atoms with Crippen LogP contribution in [-0.4, -0.2) is 41.7 Å². The first kappa shape index (κ1) is 17.3. The number of nitrogens with zero attached hydrogens (tertiary/aromatic N) is 1. The molecular formula is C14H20F2N2O3. The number of rotatable bonds is 8. The maximum Gasteiger partial charge on any atom is 0.272 e. The van der Waals surface area contributed by atoms with E-state index in [1.54, 1.807) is 0 Å². The first-order chi connectivity index (χ1) is 9.93. The van der Waals surface area contributed by atoms with Crippen LogP contribution in [-0.2, 0) is 0 Å². The molecule has 0 aliphatic carbocycles. The van der Waals surface area contributed by atoms with Crippen LogP contribution >= 0.6 is 0 Å². The summed E-state index contributed by atoms with van der Waals surface area (Å²) < 4.78 is 28.9. The molecule has 0 aliphatic heterocycles. The van der Waals surface area contributed by atoms with Gasteiger partial charge in [0.25, 0.3) is 12.3 Å². The van der Waals surface area contributed by atoms with Gasteiger partial charge in [0, 0.05) is 18.7 Å². The molecule has 5 nitrogen and oxygen atoms in total. The topological polar surface area (TPSA) is 71.5 Å². The van der Waals surface area contributed by atoms with Crippen molar-refractivity contribution in [3.63, 3.8) is 0 Å². The maximum absolute atomic E-state index is 12.1. The zero-order valence-electron chi connectivity index (χ0n) is 12.1. The number of carbonyl (C=O) groups excluding carboxylic acids is 1. The second kappa shape index (κ2) is 8.51. The normalized spacial score (nSPS) is 12.5. The number of halogens is 2. The molecule has 0 saturated heterocycles. The van der Waals surface area contributed by atoms with E-state index < -0.39 is 18.9 Å². The molecule has 2 N–H and O–H groups in total. The molecule has 0 radical (unpaired) electrons. The van der Waals surface area contributed by atoms with E-state index in [4.69, 9.17) is 9.84 Å². The van der Waals surface area contributed by atoms with E-state index in [0.717, 1.165) is 0 Å². The minimum atomic E-state index is -2.60. The van der Waals surface area contributed by atoms with Gasteiger partial charge in [-0.3, -0.25) is 4.79 Å². The molecule has 1 aromatic heterocycles. The number of hydrogen-bond donors (Lipinski definition) is 2. The molecule has 0 fully saturated rings. The Morgan fingerprint density at radius 1 is 1.43 bits per heavy atom. The summed E-state index contributed by atoms with van der Waals surface area (Å²) in [6.07, 6.45) is -2.16. The fraction of sp³-hybridized carbons (Fsp3) is 0.571. The number of amides is 1. The predicted molar refractivity (Wildman–Crippen MR) is 73.5 cm³/mol. The molecule has 21 heavy (non-hydrogen) atoms. The fourth-order valence-electron chi connectivity index (χ4n) is 1.72. The quantitative estimate of drug-likeness (QED) is 0.769. The Kier molecular flexibility index (Phi) is 7.01. The molecule has 7 heteroatoms. The average molecular weight is 302 g/mol. The molecule has 1 amide bonds. The van der Waals surface area contributed by atoms with Gasteiger partial charge in [-0.05, 0) is 18.4 Å². The van der Waals surface area contributed by atoms with Crippen LogP contribution in [0.3, 0.4) is 0 Å². The van der Waals surface area contributed by atoms with E-state index in [-0.39, 0.29) is 30.1 Å². The van der Waals surface area contributed by atoms with E-state index in [2.05, 4.69) is 10.3 Å². The number of hydrogen-bond acceptors (Lipinski definition) is 4. The molecule has 1 atom stereocenters. The highest BCUT2D eigenvalue weighted by Crippen LogP contribution is 2.11. The van der Waals surface area contributed by atoms with E-state index in [1.807, 2.05) is 13.8 Å². The molecule has 1 heterocycles. The van der Waals surface area contributed by atoms with Crippen LogP contribution in [0, 0.1) is 5.92 Å². The first-order valence-electron chi connectivity index (χ1n) is 6.73. The van der Waals surface area contributed by atoms with Gasteiger partial charge in [0.1, 0.15) is 5.69 Å². The number of aromatic nitrogens is 1. The van der Waals surface area contributed by atoms with E-state index >= 15 is 0 Å². The Morgan fingerprint density at radius 2 is 2.14 bits per heavy atom. The summed E-state index contributed by atoms with van der Waals surface area (Å²) in [6, 6.07) is 4.21. The number of carbonyl (C=O) groups is 1. The summed E-state index contributed by atoms with van der Waals surface area (Å²) >= 11 is 0. The number of pyridine rings is 1. The Morgan fingerprint density at radius 3 is 2.71 bits per heavy atom. The lowest BCUT2D eigenvalue weighted by Gasteiger charge is -2.21. The van der Waals surface area contributed by atoms with Crippen molar-refractivity contribution in [2.24, 2.45) is 5.92 Å². The van der Waals surface area contributed by atoms with E-state index in [0.29, 0.717) is 6.42 Å². The van der Waals surface area contributed by atoms with Crippen molar-refractivity contribution in [3.8, 4) is 5.88 Å². The molecule has 1 unspecified atom stereocenters. The highest BCUT2D eigenvalue weighted by molar-refractivity contribution is 5.92. The summed E-state index contributed by atoms with van der Waals surface area (Å²) in [5.41, 5.74) is 0.0883. The lowest BCUT2D eigenvalue weighted by Crippen LogP contribution is -2.39. The van der Waals surface area contributed by atoms with Crippen LogP contribution in [0.4, 0.5) is 8.78 Å². The highest BCUT2D eigenvalue weighted by Gasteiger charge is 2.18. The lowest BCUT2D eigenvalue weighted by molar-refractivity contribution is 0.0791. The van der Waals surface area contributed by atoms with Gasteiger partial charge in [-0.25, -0.2) is 13.8 Å². The Balaban J connectivity index is 2.70. The zero-order chi connectivity index (χ0) is 15.8. The van der Waals surface area contributed by atoms with Crippen LogP contribution in [0.1, 0.15) is 30.8 Å². The molecule has 0 aliphatic rings. The second-order valence-electron chi connectivity index (χ2n) is 4.90. The predicted octanol–water partition coefficient (Wildman–Crippen LogP) is 1.86. The largest absolute Gasteiger partial charge is 0.472 e. The van der Waals surface area contributed by atoms with Gasteiger partial charge < -0.3 is 15.2 Å². The Labute approximate surface area is 122 Å². The summed E-state index contributed by atoms with van der Waals surface area (Å²) in [7, 11) is 0. The zero-order valence-corrected chi connectivity index (χ0v) is 12.1. The molecule has 0 saturated carbocycles. The van der Waals surface area contributed by atoms with Gasteiger partial charge >= 0.3 is 0 Å². The number of alkyl halides is 2. The van der Waals surface area contributed by atoms with Crippen molar-refractivity contribution in [2.45, 2.75) is 32.7 Å². The molecule has 0 spiro atoms. The monoisotopic (exact) mass is 302 g/mol. The smallest absolute Gasteiger partial charge is 0.272 e. The van der Waals surface area contributed by atoms with Crippen LogP contribution in [0.5, 0.6) is 5.88 Å². The molecule has 1 rings (SSSR count). The fourth-order valence-corrected chi connectivity index (χ4v) is 1.72. The number of nitrogens with one attached hydrogen (secondary N) is 1. The summed E-state index contributed by atoms with van der Waals surface area (Å²) in [4.78, 5) is 16.0. The molecule has 0 bridgehead atoms. The minimum Gasteiger partial charge on any atom is -0.472 e. The van der Waals surface area contributed by atoms with Crippen molar-refractivity contribution in [1.29, 1.82) is 0 Å². The maximum atomic E-state index is 12.1. The van der Waals surface area contributed by atoms with Gasteiger partial charge in [-0.2, -0.15) is 0 Å². The van der Waals surface area contributed by atoms with Gasteiger partial charge in [0.05, 0.1) is 0 Å². The van der Waals surface area contributed by atoms with Crippen LogP contribution in [0.2, 0.25) is 0 Å². The molecular weight excluding hydrogens is 282 g/mol. The summed E-state index contributed by atoms with van der Waals surface area (Å²) in [6.45, 7) is 3.05. The molecule has 0 aromatic carbocycles. The average Bonchev–Trinajstić information content (AvgIpc) is 2.44. The van der Waals surface area contributed by atoms with Crippen molar-refractivity contribution < 1.29 is 23.4 Å². The third-order valence-corrected chi connectivity index (χ3v) is 2.87. The Hall–Kier alpha value is -1.76. The van der Waals surface area contributed by atoms with Gasteiger partial charge in [-0.15, -0.1) is 0 Å². The van der Waals surface area contributed by atoms with Crippen molar-refractivity contribution in [3.05, 3.63) is 23.9 Å². The van der Waals surface area contributed by atoms with Gasteiger partial charge in [-0.1, -0.05) is 19.9 Å². The van der Waals surface area contributed by atoms with Crippen LogP contribution in [0.25, 0.3) is 0 Å². The second-order valence-corrected chi connectivity index (χ2v) is 4.90. The lowest BCUT2D eigenvalue weighted by atomic mass is 10.0. The van der Waals surface area contributed by atoms with Crippen LogP contribution < -0.4 is 10.1 Å². The third-order valence-electron chi connectivity index (χ3n) is 2.87. The van der Waals surface area contributed by atoms with E-state index in [1.165, 1.54) is 18.2 Å². The highest BCUT2D eigenvalue weighted by atomic mass is 19.3. The standard InChI is InChI=1S/C14H20F2N2O3/c1-9(2)10(6-7-19)18-14(20)11-4-3-5-13(17-11)21-8-12(15)16/h3-5,9-10,12,19H,6-8H2,1-2H3,(H,18,20). The molecule has 1 aromatic rings. The number of aliphatic hydroxyl groups is 1. The van der Waals surface area contributed by atoms with Crippen molar-refractivity contribution in [1.82, 2.24) is 10.3 Å². The van der Waals surface area contributed by atoms with Crippen LogP contribution in [0.15, 0.2) is 18.2 Å². The Bertz CT molecular complexity index is 456. The van der Waals surface area contributed by atoms with Gasteiger partial charge in [0.15, 0.2) is 6.61 Å². The first-order valence-corrected chi connectivity index (χ1v) is 6.73. The summed E-state index contributed by atoms with van der Waals surface area (Å²) in [5, 5.41) is 11.7.